The van der Waals surface area contributed by atoms with Crippen molar-refractivity contribution in [3.8, 4) is 11.5 Å². The Morgan fingerprint density at radius 2 is 1.96 bits per heavy atom. The van der Waals surface area contributed by atoms with Crippen molar-refractivity contribution in [3.05, 3.63) is 35.9 Å². The quantitative estimate of drug-likeness (QED) is 0.472. The van der Waals surface area contributed by atoms with Gasteiger partial charge >= 0.3 is 0 Å². The third kappa shape index (κ3) is 4.91. The van der Waals surface area contributed by atoms with Crippen LogP contribution < -0.4 is 20.1 Å². The van der Waals surface area contributed by atoms with Crippen LogP contribution in [0, 0.1) is 0 Å². The van der Waals surface area contributed by atoms with Gasteiger partial charge in [-0.25, -0.2) is 0 Å². The molecule has 5 nitrogen and oxygen atoms in total. The van der Waals surface area contributed by atoms with E-state index in [-0.39, 0.29) is 0 Å². The average molecular weight is 343 g/mol. The third-order valence-electron chi connectivity index (χ3n) is 4.89. The van der Waals surface area contributed by atoms with Crippen LogP contribution in [-0.4, -0.2) is 32.3 Å². The lowest BCUT2D eigenvalue weighted by Crippen LogP contribution is -2.42. The van der Waals surface area contributed by atoms with Gasteiger partial charge in [0.1, 0.15) is 11.5 Å². The number of rotatable bonds is 6. The van der Waals surface area contributed by atoms with Crippen LogP contribution in [0.2, 0.25) is 0 Å². The molecule has 1 fully saturated rings. The maximum atomic E-state index is 6.26. The van der Waals surface area contributed by atoms with Gasteiger partial charge < -0.3 is 20.1 Å². The molecular weight excluding hydrogens is 314 g/mol. The van der Waals surface area contributed by atoms with E-state index in [4.69, 9.17) is 9.47 Å². The minimum atomic E-state index is 0.327. The molecule has 1 aromatic carbocycles. The van der Waals surface area contributed by atoms with Crippen molar-refractivity contribution in [2.45, 2.75) is 57.2 Å². The summed E-state index contributed by atoms with van der Waals surface area (Å²) in [6.45, 7) is 0.672. The van der Waals surface area contributed by atoms with E-state index < -0.39 is 0 Å². The van der Waals surface area contributed by atoms with E-state index in [0.29, 0.717) is 18.7 Å². The molecule has 136 valence electrons. The van der Waals surface area contributed by atoms with Crippen molar-refractivity contribution >= 4 is 5.96 Å². The van der Waals surface area contributed by atoms with Crippen LogP contribution in [0.5, 0.6) is 11.5 Å². The van der Waals surface area contributed by atoms with E-state index in [1.165, 1.54) is 12.8 Å². The Morgan fingerprint density at radius 3 is 2.64 bits per heavy atom. The topological polar surface area (TPSA) is 54.9 Å². The van der Waals surface area contributed by atoms with Gasteiger partial charge in [0.15, 0.2) is 5.96 Å². The lowest BCUT2D eigenvalue weighted by Gasteiger charge is -2.20. The molecule has 0 unspecified atom stereocenters. The van der Waals surface area contributed by atoms with E-state index in [2.05, 4.69) is 33.8 Å². The molecule has 2 N–H and O–H groups in total. The Hall–Kier alpha value is -2.17. The lowest BCUT2D eigenvalue weighted by atomic mass is 10.1. The number of nitrogens with zero attached hydrogens (tertiary/aromatic N) is 1. The zero-order chi connectivity index (χ0) is 17.5. The molecule has 3 rings (SSSR count). The second-order valence-electron chi connectivity index (χ2n) is 6.71. The maximum Gasteiger partial charge on any atom is 0.191 e. The van der Waals surface area contributed by atoms with E-state index in [1.54, 1.807) is 7.11 Å². The van der Waals surface area contributed by atoms with Crippen molar-refractivity contribution in [3.63, 3.8) is 0 Å². The van der Waals surface area contributed by atoms with Gasteiger partial charge in [-0.05, 0) is 50.7 Å². The highest BCUT2D eigenvalue weighted by Gasteiger charge is 2.19. The van der Waals surface area contributed by atoms with Gasteiger partial charge in [0.25, 0.3) is 0 Å². The maximum absolute atomic E-state index is 6.26. The predicted molar refractivity (Wildman–Crippen MR) is 101 cm³/mol. The molecule has 0 heterocycles. The second-order valence-corrected chi connectivity index (χ2v) is 6.71. The molecule has 25 heavy (non-hydrogen) atoms. The van der Waals surface area contributed by atoms with Crippen LogP contribution in [0.4, 0.5) is 0 Å². The fraction of sp³-hybridized carbons (Fsp3) is 0.550. The zero-order valence-electron chi connectivity index (χ0n) is 15.3. The average Bonchev–Trinajstić information content (AvgIpc) is 3.33. The SMILES string of the molecule is CN=C(NCc1ccc(OC)cc1OC1CCCC1)NC1CC=CC1. The van der Waals surface area contributed by atoms with Crippen LogP contribution in [0.25, 0.3) is 0 Å². The monoisotopic (exact) mass is 343 g/mol. The van der Waals surface area contributed by atoms with E-state index in [0.717, 1.165) is 48.7 Å². The highest BCUT2D eigenvalue weighted by atomic mass is 16.5. The minimum absolute atomic E-state index is 0.327. The molecule has 0 radical (unpaired) electrons. The fourth-order valence-corrected chi connectivity index (χ4v) is 3.41. The van der Waals surface area contributed by atoms with Crippen molar-refractivity contribution in [1.29, 1.82) is 0 Å². The molecule has 0 bridgehead atoms. The molecule has 0 amide bonds. The first kappa shape index (κ1) is 17.6. The molecule has 0 aromatic heterocycles. The Bertz CT molecular complexity index is 613. The zero-order valence-corrected chi connectivity index (χ0v) is 15.3. The number of hydrogen-bond acceptors (Lipinski definition) is 3. The Balaban J connectivity index is 1.63. The van der Waals surface area contributed by atoms with Crippen molar-refractivity contribution in [2.24, 2.45) is 4.99 Å². The number of benzene rings is 1. The van der Waals surface area contributed by atoms with Crippen LogP contribution >= 0.6 is 0 Å². The first-order chi connectivity index (χ1) is 12.3. The van der Waals surface area contributed by atoms with Gasteiger partial charge in [-0.2, -0.15) is 0 Å². The standard InChI is InChI=1S/C20H29N3O2/c1-21-20(23-16-7-3-4-8-16)22-14-15-11-12-18(24-2)13-19(15)25-17-9-5-6-10-17/h3-4,11-13,16-17H,5-10,14H2,1-2H3,(H2,21,22,23). The normalized spacial score (nSPS) is 18.6. The number of methoxy groups -OCH3 is 1. The highest BCUT2D eigenvalue weighted by molar-refractivity contribution is 5.80. The summed E-state index contributed by atoms with van der Waals surface area (Å²) in [7, 11) is 3.50. The smallest absolute Gasteiger partial charge is 0.191 e. The summed E-state index contributed by atoms with van der Waals surface area (Å²) < 4.78 is 11.6. The number of hydrogen-bond donors (Lipinski definition) is 2. The molecule has 2 aliphatic carbocycles. The second kappa shape index (κ2) is 8.79. The summed E-state index contributed by atoms with van der Waals surface area (Å²) in [5, 5.41) is 6.87. The number of guanidine groups is 1. The summed E-state index contributed by atoms with van der Waals surface area (Å²) in [5.74, 6) is 2.57. The van der Waals surface area contributed by atoms with Gasteiger partial charge in [0.05, 0.1) is 13.2 Å². The van der Waals surface area contributed by atoms with Gasteiger partial charge in [-0.1, -0.05) is 12.2 Å². The van der Waals surface area contributed by atoms with E-state index >= 15 is 0 Å². The summed E-state index contributed by atoms with van der Waals surface area (Å²) in [6, 6.07) is 6.49. The van der Waals surface area contributed by atoms with Crippen LogP contribution in [-0.2, 0) is 6.54 Å². The van der Waals surface area contributed by atoms with Gasteiger partial charge in [-0.3, -0.25) is 4.99 Å². The highest BCUT2D eigenvalue weighted by Crippen LogP contribution is 2.30. The summed E-state index contributed by atoms with van der Waals surface area (Å²) in [4.78, 5) is 4.33. The van der Waals surface area contributed by atoms with E-state index in [9.17, 15) is 0 Å². The molecule has 0 aliphatic heterocycles. The molecular formula is C20H29N3O2. The molecule has 0 atom stereocenters. The molecule has 5 heteroatoms. The number of ether oxygens (including phenoxy) is 2. The van der Waals surface area contributed by atoms with Crippen molar-refractivity contribution in [1.82, 2.24) is 10.6 Å². The summed E-state index contributed by atoms with van der Waals surface area (Å²) >= 11 is 0. The first-order valence-corrected chi connectivity index (χ1v) is 9.24. The van der Waals surface area contributed by atoms with Gasteiger partial charge in [0.2, 0.25) is 0 Å². The van der Waals surface area contributed by atoms with Gasteiger partial charge in [0, 0.05) is 31.3 Å². The van der Waals surface area contributed by atoms with Crippen molar-refractivity contribution in [2.75, 3.05) is 14.2 Å². The molecule has 1 saturated carbocycles. The Morgan fingerprint density at radius 1 is 1.20 bits per heavy atom. The predicted octanol–water partition coefficient (Wildman–Crippen LogP) is 3.40. The van der Waals surface area contributed by atoms with Crippen LogP contribution in [0.3, 0.4) is 0 Å². The van der Waals surface area contributed by atoms with E-state index in [1.807, 2.05) is 19.2 Å². The van der Waals surface area contributed by atoms with Gasteiger partial charge in [-0.15, -0.1) is 0 Å². The van der Waals surface area contributed by atoms with Crippen LogP contribution in [0.1, 0.15) is 44.1 Å². The fourth-order valence-electron chi connectivity index (χ4n) is 3.41. The molecule has 0 saturated heterocycles. The van der Waals surface area contributed by atoms with Crippen LogP contribution in [0.15, 0.2) is 35.3 Å². The minimum Gasteiger partial charge on any atom is -0.497 e. The summed E-state index contributed by atoms with van der Waals surface area (Å²) in [6.07, 6.45) is 11.7. The lowest BCUT2D eigenvalue weighted by molar-refractivity contribution is 0.207. The Labute approximate surface area is 150 Å². The number of nitrogens with one attached hydrogen (secondary N) is 2. The number of aliphatic imine (C=N–C) groups is 1. The summed E-state index contributed by atoms with van der Waals surface area (Å²) in [5.41, 5.74) is 1.13. The molecule has 0 spiro atoms. The molecule has 2 aliphatic rings. The largest absolute Gasteiger partial charge is 0.497 e. The Kier molecular flexibility index (Phi) is 6.20. The van der Waals surface area contributed by atoms with Crippen molar-refractivity contribution < 1.29 is 9.47 Å². The molecule has 1 aromatic rings. The first-order valence-electron chi connectivity index (χ1n) is 9.24. The third-order valence-corrected chi connectivity index (χ3v) is 4.89.